The Balaban J connectivity index is 1.85. The molecule has 5 N–H and O–H groups in total. The van der Waals surface area contributed by atoms with Gasteiger partial charge < -0.3 is 10.4 Å². The number of aliphatic hydroxyl groups is 1. The van der Waals surface area contributed by atoms with Gasteiger partial charge in [0.25, 0.3) is 0 Å². The first kappa shape index (κ1) is 13.5. The Hall–Kier alpha value is -1.44. The largest absolute Gasteiger partial charge is 0.393 e. The van der Waals surface area contributed by atoms with E-state index >= 15 is 0 Å². The Labute approximate surface area is 121 Å². The van der Waals surface area contributed by atoms with E-state index in [2.05, 4.69) is 26.8 Å². The summed E-state index contributed by atoms with van der Waals surface area (Å²) in [6.45, 7) is 2.78. The summed E-state index contributed by atoms with van der Waals surface area (Å²) in [5.41, 5.74) is 2.50. The van der Waals surface area contributed by atoms with Crippen LogP contribution < -0.4 is 16.6 Å². The zero-order chi connectivity index (χ0) is 14.1. The van der Waals surface area contributed by atoms with E-state index in [1.54, 1.807) is 11.3 Å². The zero-order valence-corrected chi connectivity index (χ0v) is 12.2. The fourth-order valence-corrected chi connectivity index (χ4v) is 3.60. The van der Waals surface area contributed by atoms with Crippen molar-refractivity contribution in [3.63, 3.8) is 0 Å². The van der Waals surface area contributed by atoms with Gasteiger partial charge in [0.05, 0.1) is 11.5 Å². The molecule has 6 nitrogen and oxygen atoms in total. The molecule has 2 unspecified atom stereocenters. The molecule has 0 saturated heterocycles. The monoisotopic (exact) mass is 293 g/mol. The van der Waals surface area contributed by atoms with Gasteiger partial charge in [0.15, 0.2) is 0 Å². The van der Waals surface area contributed by atoms with Gasteiger partial charge in [-0.2, -0.15) is 4.98 Å². The van der Waals surface area contributed by atoms with Gasteiger partial charge in [-0.3, -0.25) is 5.43 Å². The lowest BCUT2D eigenvalue weighted by Gasteiger charge is -2.16. The van der Waals surface area contributed by atoms with Gasteiger partial charge in [0, 0.05) is 17.3 Å². The van der Waals surface area contributed by atoms with E-state index in [4.69, 9.17) is 5.84 Å². The molecule has 0 radical (unpaired) electrons. The summed E-state index contributed by atoms with van der Waals surface area (Å²) in [4.78, 5) is 10.8. The van der Waals surface area contributed by atoms with E-state index in [9.17, 15) is 5.11 Å². The van der Waals surface area contributed by atoms with Crippen molar-refractivity contribution in [3.05, 3.63) is 10.9 Å². The van der Waals surface area contributed by atoms with Crippen molar-refractivity contribution >= 4 is 33.3 Å². The number of nitrogen functional groups attached to an aromatic ring is 1. The first-order valence-electron chi connectivity index (χ1n) is 6.84. The van der Waals surface area contributed by atoms with Crippen LogP contribution in [0.3, 0.4) is 0 Å². The van der Waals surface area contributed by atoms with Crippen LogP contribution in [-0.4, -0.2) is 27.7 Å². The quantitative estimate of drug-likeness (QED) is 0.507. The molecule has 0 amide bonds. The number of aryl methyl sites for hydroxylation is 1. The van der Waals surface area contributed by atoms with Crippen molar-refractivity contribution in [2.45, 2.75) is 32.3 Å². The van der Waals surface area contributed by atoms with Crippen LogP contribution in [0.2, 0.25) is 0 Å². The Kier molecular flexibility index (Phi) is 3.73. The first-order chi connectivity index (χ1) is 9.67. The molecule has 0 aromatic carbocycles. The molecule has 7 heteroatoms. The Morgan fingerprint density at radius 2 is 2.30 bits per heavy atom. The topological polar surface area (TPSA) is 96.1 Å². The summed E-state index contributed by atoms with van der Waals surface area (Å²) in [5, 5.41) is 14.2. The van der Waals surface area contributed by atoms with Crippen molar-refractivity contribution in [2.24, 2.45) is 11.8 Å². The molecule has 2 aromatic rings. The Morgan fingerprint density at radius 3 is 3.00 bits per heavy atom. The number of aromatic nitrogens is 2. The highest BCUT2D eigenvalue weighted by molar-refractivity contribution is 7.18. The minimum Gasteiger partial charge on any atom is -0.393 e. The number of nitrogens with zero attached hydrogens (tertiary/aromatic N) is 2. The number of fused-ring (bicyclic) bond motifs is 1. The van der Waals surface area contributed by atoms with E-state index in [0.29, 0.717) is 11.9 Å². The van der Waals surface area contributed by atoms with Gasteiger partial charge in [-0.25, -0.2) is 10.8 Å². The van der Waals surface area contributed by atoms with E-state index in [-0.39, 0.29) is 6.10 Å². The number of nitrogens with two attached hydrogens (primary N) is 1. The SMILES string of the molecule is Cc1cc2c(NCC3CCCC3O)nc(NN)nc2s1. The third-order valence-corrected chi connectivity index (χ3v) is 4.74. The van der Waals surface area contributed by atoms with Gasteiger partial charge in [-0.05, 0) is 25.8 Å². The third-order valence-electron chi connectivity index (χ3n) is 3.80. The summed E-state index contributed by atoms with van der Waals surface area (Å²) in [7, 11) is 0. The van der Waals surface area contributed by atoms with Crippen LogP contribution in [0.5, 0.6) is 0 Å². The Bertz CT molecular complexity index is 614. The van der Waals surface area contributed by atoms with E-state index in [1.807, 2.05) is 6.92 Å². The van der Waals surface area contributed by atoms with Gasteiger partial charge >= 0.3 is 0 Å². The fourth-order valence-electron chi connectivity index (χ4n) is 2.72. The highest BCUT2D eigenvalue weighted by Gasteiger charge is 2.25. The van der Waals surface area contributed by atoms with Crippen LogP contribution in [0.4, 0.5) is 11.8 Å². The standard InChI is InChI=1S/C13H19N5OS/c1-7-5-9-11(15-6-8-3-2-4-10(8)19)16-13(18-14)17-12(9)20-7/h5,8,10,19H,2-4,6,14H2,1H3,(H2,15,16,17,18). The predicted molar refractivity (Wildman–Crippen MR) is 81.8 cm³/mol. The molecule has 1 aliphatic carbocycles. The lowest BCUT2D eigenvalue weighted by molar-refractivity contribution is 0.138. The van der Waals surface area contributed by atoms with Crippen molar-refractivity contribution in [1.29, 1.82) is 0 Å². The second kappa shape index (κ2) is 5.51. The van der Waals surface area contributed by atoms with Gasteiger partial charge in [0.1, 0.15) is 10.6 Å². The number of thiophene rings is 1. The Morgan fingerprint density at radius 1 is 1.45 bits per heavy atom. The molecule has 3 rings (SSSR count). The third kappa shape index (κ3) is 2.56. The number of hydrogen-bond acceptors (Lipinski definition) is 7. The molecule has 0 bridgehead atoms. The second-order valence-corrected chi connectivity index (χ2v) is 6.49. The molecule has 20 heavy (non-hydrogen) atoms. The zero-order valence-electron chi connectivity index (χ0n) is 11.4. The minimum absolute atomic E-state index is 0.198. The fraction of sp³-hybridized carbons (Fsp3) is 0.538. The molecule has 108 valence electrons. The van der Waals surface area contributed by atoms with E-state index in [0.717, 1.165) is 41.8 Å². The van der Waals surface area contributed by atoms with Crippen LogP contribution >= 0.6 is 11.3 Å². The number of hydrogen-bond donors (Lipinski definition) is 4. The molecule has 1 aliphatic rings. The molecule has 1 saturated carbocycles. The highest BCUT2D eigenvalue weighted by Crippen LogP contribution is 2.31. The summed E-state index contributed by atoms with van der Waals surface area (Å²) >= 11 is 1.62. The summed E-state index contributed by atoms with van der Waals surface area (Å²) < 4.78 is 0. The average Bonchev–Trinajstić information content (AvgIpc) is 3.00. The molecule has 2 heterocycles. The lowest BCUT2D eigenvalue weighted by Crippen LogP contribution is -2.22. The molecule has 2 atom stereocenters. The van der Waals surface area contributed by atoms with Gasteiger partial charge in [-0.15, -0.1) is 11.3 Å². The van der Waals surface area contributed by atoms with Crippen molar-refractivity contribution < 1.29 is 5.11 Å². The first-order valence-corrected chi connectivity index (χ1v) is 7.66. The number of aliphatic hydroxyl groups excluding tert-OH is 1. The van der Waals surface area contributed by atoms with Crippen LogP contribution in [0.1, 0.15) is 24.1 Å². The maximum absolute atomic E-state index is 9.88. The average molecular weight is 293 g/mol. The summed E-state index contributed by atoms with van der Waals surface area (Å²) in [6.07, 6.45) is 2.86. The van der Waals surface area contributed by atoms with E-state index in [1.165, 1.54) is 4.88 Å². The van der Waals surface area contributed by atoms with E-state index < -0.39 is 0 Å². The minimum atomic E-state index is -0.198. The van der Waals surface area contributed by atoms with Crippen LogP contribution in [0.25, 0.3) is 10.2 Å². The van der Waals surface area contributed by atoms with Gasteiger partial charge in [-0.1, -0.05) is 6.42 Å². The molecular weight excluding hydrogens is 274 g/mol. The second-order valence-electron chi connectivity index (χ2n) is 5.26. The maximum Gasteiger partial charge on any atom is 0.240 e. The summed E-state index contributed by atoms with van der Waals surface area (Å²) in [5.74, 6) is 6.91. The molecule has 1 fully saturated rings. The molecular formula is C13H19N5OS. The van der Waals surface area contributed by atoms with Crippen LogP contribution in [0, 0.1) is 12.8 Å². The van der Waals surface area contributed by atoms with Crippen molar-refractivity contribution in [3.8, 4) is 0 Å². The van der Waals surface area contributed by atoms with Crippen LogP contribution in [-0.2, 0) is 0 Å². The lowest BCUT2D eigenvalue weighted by atomic mass is 10.1. The molecule has 0 aliphatic heterocycles. The number of nitrogens with one attached hydrogen (secondary N) is 2. The maximum atomic E-state index is 9.88. The van der Waals surface area contributed by atoms with Crippen LogP contribution in [0.15, 0.2) is 6.07 Å². The smallest absolute Gasteiger partial charge is 0.240 e. The summed E-state index contributed by atoms with van der Waals surface area (Å²) in [6, 6.07) is 2.08. The number of hydrazine groups is 1. The van der Waals surface area contributed by atoms with Crippen molar-refractivity contribution in [2.75, 3.05) is 17.3 Å². The number of rotatable bonds is 4. The predicted octanol–water partition coefficient (Wildman–Crippen LogP) is 1.86. The highest BCUT2D eigenvalue weighted by atomic mass is 32.1. The normalized spacial score (nSPS) is 22.4. The van der Waals surface area contributed by atoms with Gasteiger partial charge in [0.2, 0.25) is 5.95 Å². The number of anilines is 2. The molecule has 2 aromatic heterocycles. The van der Waals surface area contributed by atoms with Crippen molar-refractivity contribution in [1.82, 2.24) is 9.97 Å². The molecule has 0 spiro atoms.